The number of hydrogen-bond acceptors (Lipinski definition) is 4. The summed E-state index contributed by atoms with van der Waals surface area (Å²) in [7, 11) is 0. The highest BCUT2D eigenvalue weighted by Gasteiger charge is 2.36. The van der Waals surface area contributed by atoms with Gasteiger partial charge < -0.3 is 20.3 Å². The Bertz CT molecular complexity index is 852. The Morgan fingerprint density at radius 2 is 1.65 bits per heavy atom. The Kier molecular flexibility index (Phi) is 10.6. The Morgan fingerprint density at radius 1 is 1.03 bits per heavy atom. The first-order valence-corrected chi connectivity index (χ1v) is 12.2. The van der Waals surface area contributed by atoms with Crippen LogP contribution in [0.3, 0.4) is 0 Å². The van der Waals surface area contributed by atoms with Gasteiger partial charge in [0.15, 0.2) is 0 Å². The van der Waals surface area contributed by atoms with Crippen LogP contribution in [0.1, 0.15) is 97.4 Å². The van der Waals surface area contributed by atoms with Crippen molar-refractivity contribution in [1.82, 2.24) is 15.5 Å². The summed E-state index contributed by atoms with van der Waals surface area (Å²) < 4.78 is 5.33. The van der Waals surface area contributed by atoms with Gasteiger partial charge in [-0.2, -0.15) is 0 Å². The van der Waals surface area contributed by atoms with Gasteiger partial charge in [0.25, 0.3) is 0 Å². The molecule has 0 fully saturated rings. The predicted octanol–water partition coefficient (Wildman–Crippen LogP) is 5.19. The first-order valence-electron chi connectivity index (χ1n) is 12.2. The van der Waals surface area contributed by atoms with E-state index in [4.69, 9.17) is 4.74 Å². The van der Waals surface area contributed by atoms with Crippen LogP contribution in [-0.4, -0.2) is 46.5 Å². The van der Waals surface area contributed by atoms with Crippen molar-refractivity contribution in [3.63, 3.8) is 0 Å². The largest absolute Gasteiger partial charge is 0.444 e. The quantitative estimate of drug-likeness (QED) is 0.481. The summed E-state index contributed by atoms with van der Waals surface area (Å²) in [4.78, 5) is 41.2. The Morgan fingerprint density at radius 3 is 2.15 bits per heavy atom. The molecule has 0 aliphatic heterocycles. The molecule has 3 amide bonds. The van der Waals surface area contributed by atoms with Crippen molar-refractivity contribution in [3.8, 4) is 0 Å². The van der Waals surface area contributed by atoms with E-state index in [9.17, 15) is 14.4 Å². The van der Waals surface area contributed by atoms with Crippen LogP contribution in [0, 0.1) is 13.8 Å². The molecule has 7 nitrogen and oxygen atoms in total. The molecule has 0 saturated heterocycles. The first-order chi connectivity index (χ1) is 15.6. The molecule has 0 aliphatic rings. The molecule has 0 spiro atoms. The fourth-order valence-electron chi connectivity index (χ4n) is 3.71. The van der Waals surface area contributed by atoms with E-state index >= 15 is 0 Å². The summed E-state index contributed by atoms with van der Waals surface area (Å²) >= 11 is 0. The zero-order chi connectivity index (χ0) is 26.3. The highest BCUT2D eigenvalue weighted by atomic mass is 16.6. The molecule has 2 N–H and O–H groups in total. The van der Waals surface area contributed by atoms with Gasteiger partial charge in [-0.1, -0.05) is 43.5 Å². The minimum Gasteiger partial charge on any atom is -0.444 e. The van der Waals surface area contributed by atoms with Crippen LogP contribution in [-0.2, 0) is 14.3 Å². The SMILES string of the molecule is CCCCCN(C(=O)C(C)NC(=O)OC(C)(C)C)C(C(=O)NC(C)(C)C)c1ccc(C)cc1C. The van der Waals surface area contributed by atoms with Crippen LogP contribution in [0.5, 0.6) is 0 Å². The topological polar surface area (TPSA) is 87.7 Å². The van der Waals surface area contributed by atoms with Crippen molar-refractivity contribution in [2.75, 3.05) is 6.54 Å². The summed E-state index contributed by atoms with van der Waals surface area (Å²) in [5.74, 6) is -0.565. The normalized spacial score (nSPS) is 13.6. The third-order valence-corrected chi connectivity index (χ3v) is 5.17. The molecular formula is C27H45N3O4. The zero-order valence-electron chi connectivity index (χ0n) is 22.8. The molecule has 1 aromatic rings. The standard InChI is InChI=1S/C27H45N3O4/c1-11-12-13-16-30(24(32)20(4)28-25(33)34-27(8,9)10)22(23(31)29-26(5,6)7)21-15-14-18(2)17-19(21)3/h14-15,17,20,22H,11-13,16H2,1-10H3,(H,28,33)(H,29,31). The first kappa shape index (κ1) is 29.5. The van der Waals surface area contributed by atoms with Crippen LogP contribution >= 0.6 is 0 Å². The monoisotopic (exact) mass is 475 g/mol. The number of ether oxygens (including phenoxy) is 1. The maximum absolute atomic E-state index is 13.7. The van der Waals surface area contributed by atoms with Gasteiger partial charge in [-0.15, -0.1) is 0 Å². The van der Waals surface area contributed by atoms with E-state index in [0.29, 0.717) is 6.54 Å². The van der Waals surface area contributed by atoms with Gasteiger partial charge >= 0.3 is 6.09 Å². The van der Waals surface area contributed by atoms with Crippen molar-refractivity contribution in [3.05, 3.63) is 34.9 Å². The molecule has 2 atom stereocenters. The van der Waals surface area contributed by atoms with Crippen molar-refractivity contribution >= 4 is 17.9 Å². The second kappa shape index (κ2) is 12.2. The third kappa shape index (κ3) is 9.74. The number of nitrogens with one attached hydrogen (secondary N) is 2. The average molecular weight is 476 g/mol. The van der Waals surface area contributed by atoms with E-state index in [1.165, 1.54) is 0 Å². The van der Waals surface area contributed by atoms with E-state index in [1.54, 1.807) is 32.6 Å². The van der Waals surface area contributed by atoms with Crippen LogP contribution in [0.2, 0.25) is 0 Å². The lowest BCUT2D eigenvalue weighted by atomic mass is 9.95. The number of benzene rings is 1. The lowest BCUT2D eigenvalue weighted by molar-refractivity contribution is -0.142. The Balaban J connectivity index is 3.41. The minimum absolute atomic E-state index is 0.242. The lowest BCUT2D eigenvalue weighted by Crippen LogP contribution is -2.54. The number of aryl methyl sites for hydroxylation is 2. The molecular weight excluding hydrogens is 430 g/mol. The predicted molar refractivity (Wildman–Crippen MR) is 137 cm³/mol. The van der Waals surface area contributed by atoms with Gasteiger partial charge in [0.05, 0.1) is 0 Å². The average Bonchev–Trinajstić information content (AvgIpc) is 2.65. The maximum Gasteiger partial charge on any atom is 0.408 e. The molecule has 0 radical (unpaired) electrons. The number of nitrogens with zero attached hydrogens (tertiary/aromatic N) is 1. The number of alkyl carbamates (subject to hydrolysis) is 1. The minimum atomic E-state index is -0.854. The third-order valence-electron chi connectivity index (χ3n) is 5.17. The summed E-state index contributed by atoms with van der Waals surface area (Å²) in [5, 5.41) is 5.69. The number of carbonyl (C=O) groups is 3. The lowest BCUT2D eigenvalue weighted by Gasteiger charge is -2.36. The van der Waals surface area contributed by atoms with Crippen LogP contribution in [0.15, 0.2) is 18.2 Å². The molecule has 0 heterocycles. The molecule has 1 aromatic carbocycles. The van der Waals surface area contributed by atoms with Crippen molar-refractivity contribution in [2.45, 2.75) is 112 Å². The van der Waals surface area contributed by atoms with E-state index < -0.39 is 29.3 Å². The maximum atomic E-state index is 13.7. The molecule has 0 aromatic heterocycles. The second-order valence-corrected chi connectivity index (χ2v) is 11.1. The molecule has 0 aliphatic carbocycles. The smallest absolute Gasteiger partial charge is 0.408 e. The molecule has 0 saturated carbocycles. The molecule has 7 heteroatoms. The number of rotatable bonds is 9. The van der Waals surface area contributed by atoms with Crippen LogP contribution < -0.4 is 10.6 Å². The Labute approximate surface area is 206 Å². The highest BCUT2D eigenvalue weighted by molar-refractivity contribution is 5.92. The Hall–Kier alpha value is -2.57. The molecule has 192 valence electrons. The second-order valence-electron chi connectivity index (χ2n) is 11.1. The highest BCUT2D eigenvalue weighted by Crippen LogP contribution is 2.27. The number of carbonyl (C=O) groups excluding carboxylic acids is 3. The van der Waals surface area contributed by atoms with Gasteiger partial charge in [-0.05, 0) is 79.9 Å². The van der Waals surface area contributed by atoms with E-state index in [2.05, 4.69) is 17.6 Å². The van der Waals surface area contributed by atoms with E-state index in [1.807, 2.05) is 52.8 Å². The number of amides is 3. The molecule has 1 rings (SSSR count). The fraction of sp³-hybridized carbons (Fsp3) is 0.667. The van der Waals surface area contributed by atoms with Crippen molar-refractivity contribution in [1.29, 1.82) is 0 Å². The summed E-state index contributed by atoms with van der Waals surface area (Å²) in [6.45, 7) is 19.1. The zero-order valence-corrected chi connectivity index (χ0v) is 22.8. The van der Waals surface area contributed by atoms with Gasteiger partial charge in [0, 0.05) is 12.1 Å². The number of unbranched alkanes of at least 4 members (excludes halogenated alkanes) is 2. The number of hydrogen-bond donors (Lipinski definition) is 2. The summed E-state index contributed by atoms with van der Waals surface area (Å²) in [6.07, 6.45) is 2.00. The van der Waals surface area contributed by atoms with Gasteiger partial charge in [-0.25, -0.2) is 4.79 Å². The molecule has 0 bridgehead atoms. The van der Waals surface area contributed by atoms with Gasteiger partial charge in [-0.3, -0.25) is 9.59 Å². The van der Waals surface area contributed by atoms with Gasteiger partial charge in [0.2, 0.25) is 11.8 Å². The fourth-order valence-corrected chi connectivity index (χ4v) is 3.71. The van der Waals surface area contributed by atoms with Crippen LogP contribution in [0.25, 0.3) is 0 Å². The molecule has 34 heavy (non-hydrogen) atoms. The van der Waals surface area contributed by atoms with Crippen molar-refractivity contribution < 1.29 is 19.1 Å². The van der Waals surface area contributed by atoms with Crippen LogP contribution in [0.4, 0.5) is 4.79 Å². The van der Waals surface area contributed by atoms with E-state index in [-0.39, 0.29) is 11.8 Å². The summed E-state index contributed by atoms with van der Waals surface area (Å²) in [6, 6.07) is 4.23. The summed E-state index contributed by atoms with van der Waals surface area (Å²) in [5.41, 5.74) is 1.66. The van der Waals surface area contributed by atoms with E-state index in [0.717, 1.165) is 36.0 Å². The van der Waals surface area contributed by atoms with Crippen molar-refractivity contribution in [2.24, 2.45) is 0 Å². The molecule has 2 unspecified atom stereocenters. The van der Waals surface area contributed by atoms with Gasteiger partial charge in [0.1, 0.15) is 17.7 Å².